The molecular weight excluding hydrogens is 241 g/mol. The van der Waals surface area contributed by atoms with Gasteiger partial charge in [-0.2, -0.15) is 13.2 Å². The van der Waals surface area contributed by atoms with E-state index in [0.29, 0.717) is 12.3 Å². The molecule has 0 aliphatic heterocycles. The smallest absolute Gasteiger partial charge is 0.384 e. The number of alkyl halides is 3. The average molecular weight is 258 g/mol. The van der Waals surface area contributed by atoms with Crippen LogP contribution in [0.25, 0.3) is 0 Å². The summed E-state index contributed by atoms with van der Waals surface area (Å²) in [5, 5.41) is 9.20. The van der Waals surface area contributed by atoms with Crippen molar-refractivity contribution < 1.29 is 18.3 Å². The van der Waals surface area contributed by atoms with E-state index in [4.69, 9.17) is 0 Å². The maximum Gasteiger partial charge on any atom is 0.414 e. The highest BCUT2D eigenvalue weighted by molar-refractivity contribution is 5.35. The van der Waals surface area contributed by atoms with Gasteiger partial charge in [0.15, 0.2) is 0 Å². The minimum Gasteiger partial charge on any atom is -0.384 e. The largest absolute Gasteiger partial charge is 0.414 e. The van der Waals surface area contributed by atoms with Gasteiger partial charge in [0, 0.05) is 0 Å². The molecule has 1 N–H and O–H groups in total. The molecule has 0 saturated heterocycles. The van der Waals surface area contributed by atoms with Crippen molar-refractivity contribution >= 4 is 0 Å². The Hall–Kier alpha value is -1.03. The Morgan fingerprint density at radius 2 is 1.83 bits per heavy atom. The molecule has 3 atom stereocenters. The lowest BCUT2D eigenvalue weighted by Crippen LogP contribution is -2.31. The third kappa shape index (κ3) is 2.69. The van der Waals surface area contributed by atoms with Crippen LogP contribution in [0, 0.1) is 0 Å². The number of rotatable bonds is 2. The van der Waals surface area contributed by atoms with Gasteiger partial charge in [0.2, 0.25) is 0 Å². The molecule has 1 nitrogen and oxygen atoms in total. The van der Waals surface area contributed by atoms with E-state index >= 15 is 0 Å². The molecule has 0 fully saturated rings. The number of hydrogen-bond donors (Lipinski definition) is 1. The molecule has 100 valence electrons. The van der Waals surface area contributed by atoms with E-state index in [1.54, 1.807) is 0 Å². The summed E-state index contributed by atoms with van der Waals surface area (Å²) in [6.07, 6.45) is -5.37. The standard InChI is InChI=1S/C14H17F3O/c1-9-6-7-10(8-13(18)14(15,16)17)12-5-3-2-4-11(9)12/h2-5,9-10,13,18H,6-8H2,1H3. The highest BCUT2D eigenvalue weighted by Gasteiger charge is 2.40. The predicted molar refractivity (Wildman–Crippen MR) is 63.5 cm³/mol. The Bertz CT molecular complexity index is 414. The van der Waals surface area contributed by atoms with Crippen LogP contribution in [0.5, 0.6) is 0 Å². The summed E-state index contributed by atoms with van der Waals surface area (Å²) in [7, 11) is 0. The monoisotopic (exact) mass is 258 g/mol. The van der Waals surface area contributed by atoms with Crippen molar-refractivity contribution in [3.8, 4) is 0 Å². The Morgan fingerprint density at radius 3 is 2.44 bits per heavy atom. The highest BCUT2D eigenvalue weighted by atomic mass is 19.4. The highest BCUT2D eigenvalue weighted by Crippen LogP contribution is 2.42. The van der Waals surface area contributed by atoms with E-state index in [2.05, 4.69) is 6.92 Å². The summed E-state index contributed by atoms with van der Waals surface area (Å²) in [6, 6.07) is 7.63. The fraction of sp³-hybridized carbons (Fsp3) is 0.571. The van der Waals surface area contributed by atoms with Gasteiger partial charge >= 0.3 is 6.18 Å². The maximum atomic E-state index is 12.4. The predicted octanol–water partition coefficient (Wildman–Crippen LogP) is 3.98. The molecule has 4 heteroatoms. The normalized spacial score (nSPS) is 25.6. The molecule has 1 aliphatic rings. The van der Waals surface area contributed by atoms with Crippen molar-refractivity contribution in [2.24, 2.45) is 0 Å². The van der Waals surface area contributed by atoms with Crippen LogP contribution in [-0.2, 0) is 0 Å². The van der Waals surface area contributed by atoms with Crippen LogP contribution in [0.2, 0.25) is 0 Å². The number of benzene rings is 1. The number of aliphatic hydroxyl groups excluding tert-OH is 1. The fourth-order valence-corrected chi connectivity index (χ4v) is 2.74. The van der Waals surface area contributed by atoms with Gasteiger partial charge in [-0.1, -0.05) is 31.2 Å². The molecule has 0 amide bonds. The zero-order chi connectivity index (χ0) is 13.3. The van der Waals surface area contributed by atoms with E-state index in [-0.39, 0.29) is 12.3 Å². The minimum atomic E-state index is -4.52. The van der Waals surface area contributed by atoms with Crippen molar-refractivity contribution in [3.05, 3.63) is 35.4 Å². The average Bonchev–Trinajstić information content (AvgIpc) is 2.32. The van der Waals surface area contributed by atoms with Crippen LogP contribution >= 0.6 is 0 Å². The molecule has 0 spiro atoms. The van der Waals surface area contributed by atoms with Crippen LogP contribution in [0.1, 0.15) is 49.1 Å². The zero-order valence-electron chi connectivity index (χ0n) is 10.2. The molecule has 18 heavy (non-hydrogen) atoms. The van der Waals surface area contributed by atoms with E-state index in [9.17, 15) is 18.3 Å². The second-order valence-electron chi connectivity index (χ2n) is 5.10. The first-order chi connectivity index (χ1) is 8.39. The Balaban J connectivity index is 2.19. The lowest BCUT2D eigenvalue weighted by molar-refractivity contribution is -0.206. The summed E-state index contributed by atoms with van der Waals surface area (Å²) < 4.78 is 37.2. The summed E-state index contributed by atoms with van der Waals surface area (Å²) >= 11 is 0. The second-order valence-corrected chi connectivity index (χ2v) is 5.10. The van der Waals surface area contributed by atoms with Crippen LogP contribution in [0.3, 0.4) is 0 Å². The summed E-state index contributed by atoms with van der Waals surface area (Å²) in [6.45, 7) is 2.09. The van der Waals surface area contributed by atoms with Crippen LogP contribution in [-0.4, -0.2) is 17.4 Å². The molecule has 0 bridgehead atoms. The lowest BCUT2D eigenvalue weighted by Gasteiger charge is -2.31. The van der Waals surface area contributed by atoms with Gasteiger partial charge in [-0.25, -0.2) is 0 Å². The first-order valence-electron chi connectivity index (χ1n) is 6.23. The van der Waals surface area contributed by atoms with E-state index < -0.39 is 12.3 Å². The van der Waals surface area contributed by atoms with Crippen molar-refractivity contribution in [1.82, 2.24) is 0 Å². The Morgan fingerprint density at radius 1 is 1.22 bits per heavy atom. The van der Waals surface area contributed by atoms with Gasteiger partial charge in [0.05, 0.1) is 0 Å². The van der Waals surface area contributed by atoms with Crippen LogP contribution in [0.4, 0.5) is 13.2 Å². The first kappa shape index (κ1) is 13.4. The summed E-state index contributed by atoms with van der Waals surface area (Å²) in [4.78, 5) is 0. The molecule has 0 heterocycles. The van der Waals surface area contributed by atoms with E-state index in [1.165, 1.54) is 0 Å². The number of fused-ring (bicyclic) bond motifs is 1. The van der Waals surface area contributed by atoms with E-state index in [1.807, 2.05) is 24.3 Å². The van der Waals surface area contributed by atoms with Crippen molar-refractivity contribution in [3.63, 3.8) is 0 Å². The molecule has 0 radical (unpaired) electrons. The number of halogens is 3. The first-order valence-corrected chi connectivity index (χ1v) is 6.23. The SMILES string of the molecule is CC1CCC(CC(O)C(F)(F)F)c2ccccc21. The van der Waals surface area contributed by atoms with Crippen molar-refractivity contribution in [2.45, 2.75) is 50.3 Å². The van der Waals surface area contributed by atoms with Gasteiger partial charge in [-0.3, -0.25) is 0 Å². The van der Waals surface area contributed by atoms with Crippen molar-refractivity contribution in [2.75, 3.05) is 0 Å². The molecule has 2 rings (SSSR count). The molecule has 3 unspecified atom stereocenters. The third-order valence-corrected chi connectivity index (χ3v) is 3.80. The van der Waals surface area contributed by atoms with Crippen molar-refractivity contribution in [1.29, 1.82) is 0 Å². The van der Waals surface area contributed by atoms with Gasteiger partial charge in [-0.05, 0) is 42.2 Å². The molecule has 0 saturated carbocycles. The van der Waals surface area contributed by atoms with Gasteiger partial charge in [0.25, 0.3) is 0 Å². The minimum absolute atomic E-state index is 0.186. The van der Waals surface area contributed by atoms with Crippen LogP contribution in [0.15, 0.2) is 24.3 Å². The third-order valence-electron chi connectivity index (χ3n) is 3.80. The lowest BCUT2D eigenvalue weighted by atomic mass is 9.75. The molecule has 1 aliphatic carbocycles. The Kier molecular flexibility index (Phi) is 3.66. The molecule has 1 aromatic carbocycles. The second kappa shape index (κ2) is 4.92. The maximum absolute atomic E-state index is 12.4. The van der Waals surface area contributed by atoms with Gasteiger partial charge in [-0.15, -0.1) is 0 Å². The number of aliphatic hydroxyl groups is 1. The quantitative estimate of drug-likeness (QED) is 0.850. The van der Waals surface area contributed by atoms with Crippen LogP contribution < -0.4 is 0 Å². The fourth-order valence-electron chi connectivity index (χ4n) is 2.74. The molecular formula is C14H17F3O. The Labute approximate surface area is 105 Å². The molecule has 0 aromatic heterocycles. The molecule has 1 aromatic rings. The number of hydrogen-bond acceptors (Lipinski definition) is 1. The summed E-state index contributed by atoms with van der Waals surface area (Å²) in [5.74, 6) is 0.203. The van der Waals surface area contributed by atoms with Gasteiger partial charge in [0.1, 0.15) is 6.10 Å². The topological polar surface area (TPSA) is 20.2 Å². The summed E-state index contributed by atoms with van der Waals surface area (Å²) in [5.41, 5.74) is 2.10. The zero-order valence-corrected chi connectivity index (χ0v) is 10.2. The van der Waals surface area contributed by atoms with Gasteiger partial charge < -0.3 is 5.11 Å². The van der Waals surface area contributed by atoms with E-state index in [0.717, 1.165) is 17.5 Å².